The number of carbonyl (C=O) groups is 1. The molecule has 0 saturated heterocycles. The van der Waals surface area contributed by atoms with Crippen molar-refractivity contribution in [2.75, 3.05) is 31.8 Å². The van der Waals surface area contributed by atoms with E-state index in [-0.39, 0.29) is 11.8 Å². The molecule has 1 atom stereocenters. The first-order chi connectivity index (χ1) is 10.8. The Morgan fingerprint density at radius 3 is 2.78 bits per heavy atom. The summed E-state index contributed by atoms with van der Waals surface area (Å²) in [5.74, 6) is -0.0756. The fraction of sp³-hybridized carbons (Fsp3) is 0.733. The number of nitrogens with zero attached hydrogens (tertiary/aromatic N) is 3. The minimum atomic E-state index is -3.33. The highest BCUT2D eigenvalue weighted by Gasteiger charge is 2.32. The summed E-state index contributed by atoms with van der Waals surface area (Å²) in [4.78, 5) is 13.9. The number of ether oxygens (including phenoxy) is 1. The van der Waals surface area contributed by atoms with Crippen LogP contribution in [0.15, 0.2) is 6.20 Å². The molecule has 8 heteroatoms. The molecular weight excluding hydrogens is 318 g/mol. The van der Waals surface area contributed by atoms with E-state index in [2.05, 4.69) is 5.10 Å². The van der Waals surface area contributed by atoms with Crippen LogP contribution < -0.4 is 0 Å². The molecule has 0 unspecified atom stereocenters. The second-order valence-electron chi connectivity index (χ2n) is 6.70. The van der Waals surface area contributed by atoms with Gasteiger partial charge in [-0.05, 0) is 18.8 Å². The van der Waals surface area contributed by atoms with Crippen LogP contribution in [0.2, 0.25) is 0 Å². The van der Waals surface area contributed by atoms with Crippen LogP contribution in [0.5, 0.6) is 0 Å². The van der Waals surface area contributed by atoms with E-state index in [0.29, 0.717) is 25.6 Å². The first-order valence-corrected chi connectivity index (χ1v) is 9.93. The predicted molar refractivity (Wildman–Crippen MR) is 84.6 cm³/mol. The summed E-state index contributed by atoms with van der Waals surface area (Å²) in [5.41, 5.74) is 2.06. The molecule has 1 aromatic rings. The minimum absolute atomic E-state index is 0.0357. The monoisotopic (exact) mass is 341 g/mol. The van der Waals surface area contributed by atoms with Gasteiger partial charge in [0.15, 0.2) is 9.84 Å². The Labute approximate surface area is 136 Å². The van der Waals surface area contributed by atoms with Crippen LogP contribution in [-0.2, 0) is 33.0 Å². The fourth-order valence-electron chi connectivity index (χ4n) is 3.06. The summed E-state index contributed by atoms with van der Waals surface area (Å²) < 4.78 is 30.4. The Morgan fingerprint density at radius 1 is 1.39 bits per heavy atom. The normalized spacial score (nSPS) is 21.3. The van der Waals surface area contributed by atoms with E-state index >= 15 is 0 Å². The summed E-state index contributed by atoms with van der Waals surface area (Å²) in [7, 11) is -1.44. The van der Waals surface area contributed by atoms with Crippen LogP contribution in [0.1, 0.15) is 30.0 Å². The molecule has 0 spiro atoms. The zero-order chi connectivity index (χ0) is 16.6. The lowest BCUT2D eigenvalue weighted by atomic mass is 9.97. The van der Waals surface area contributed by atoms with E-state index in [1.165, 1.54) is 12.8 Å². The van der Waals surface area contributed by atoms with Crippen molar-refractivity contribution >= 4 is 15.7 Å². The number of aromatic nitrogens is 2. The average molecular weight is 341 g/mol. The molecular formula is C15H23N3O4S. The topological polar surface area (TPSA) is 81.5 Å². The highest BCUT2D eigenvalue weighted by atomic mass is 32.2. The third-order valence-electron chi connectivity index (χ3n) is 4.36. The fourth-order valence-corrected chi connectivity index (χ4v) is 3.69. The third kappa shape index (κ3) is 4.11. The van der Waals surface area contributed by atoms with Gasteiger partial charge in [-0.25, -0.2) is 8.42 Å². The van der Waals surface area contributed by atoms with Gasteiger partial charge in [0.1, 0.15) is 5.75 Å². The number of rotatable bonds is 6. The molecule has 7 nitrogen and oxygen atoms in total. The predicted octanol–water partition coefficient (Wildman–Crippen LogP) is 0.317. The van der Waals surface area contributed by atoms with Crippen LogP contribution in [0.4, 0.5) is 0 Å². The first-order valence-electron chi connectivity index (χ1n) is 7.87. The second kappa shape index (κ2) is 6.24. The van der Waals surface area contributed by atoms with Crippen molar-refractivity contribution in [1.82, 2.24) is 14.7 Å². The molecule has 1 aliphatic heterocycles. The van der Waals surface area contributed by atoms with Gasteiger partial charge in [0.05, 0.1) is 18.5 Å². The summed E-state index contributed by atoms with van der Waals surface area (Å²) >= 11 is 0. The third-order valence-corrected chi connectivity index (χ3v) is 5.13. The van der Waals surface area contributed by atoms with Crippen LogP contribution in [-0.4, -0.2) is 60.8 Å². The van der Waals surface area contributed by atoms with Gasteiger partial charge in [-0.3, -0.25) is 9.48 Å². The van der Waals surface area contributed by atoms with Crippen LogP contribution in [0.25, 0.3) is 0 Å². The highest BCUT2D eigenvalue weighted by molar-refractivity contribution is 7.91. The number of fused-ring (bicyclic) bond motifs is 1. The van der Waals surface area contributed by atoms with Crippen molar-refractivity contribution in [2.45, 2.75) is 25.3 Å². The maximum absolute atomic E-state index is 12.2. The molecule has 0 bridgehead atoms. The van der Waals surface area contributed by atoms with Gasteiger partial charge in [0.2, 0.25) is 5.91 Å². The molecule has 23 heavy (non-hydrogen) atoms. The number of aryl methyl sites for hydroxylation is 1. The van der Waals surface area contributed by atoms with Crippen molar-refractivity contribution < 1.29 is 17.9 Å². The molecule has 2 heterocycles. The number of hydrogen-bond acceptors (Lipinski definition) is 5. The van der Waals surface area contributed by atoms with Crippen LogP contribution in [0, 0.1) is 5.92 Å². The summed E-state index contributed by atoms with van der Waals surface area (Å²) in [6, 6.07) is 0. The van der Waals surface area contributed by atoms with Gasteiger partial charge < -0.3 is 9.64 Å². The van der Waals surface area contributed by atoms with Crippen molar-refractivity contribution in [3.05, 3.63) is 17.5 Å². The smallest absolute Gasteiger partial charge is 0.238 e. The molecule has 1 aromatic heterocycles. The molecule has 3 rings (SSSR count). The van der Waals surface area contributed by atoms with Crippen molar-refractivity contribution in [3.8, 4) is 0 Å². The van der Waals surface area contributed by atoms with E-state index in [4.69, 9.17) is 4.74 Å². The quantitative estimate of drug-likeness (QED) is 0.744. The lowest BCUT2D eigenvalue weighted by Gasteiger charge is -2.33. The molecule has 0 N–H and O–H groups in total. The standard InChI is InChI=1S/C15H23N3O4S/c1-17-15-12(5-16-17)6-18(14(19)10-23(2,20)21)7-13(15)9-22-8-11-3-4-11/h5,11,13H,3-4,6-10H2,1-2H3/t13-/m1/s1. The largest absolute Gasteiger partial charge is 0.380 e. The van der Waals surface area contributed by atoms with E-state index in [0.717, 1.165) is 24.1 Å². The summed E-state index contributed by atoms with van der Waals surface area (Å²) in [5, 5.41) is 4.28. The van der Waals surface area contributed by atoms with E-state index in [9.17, 15) is 13.2 Å². The second-order valence-corrected chi connectivity index (χ2v) is 8.84. The summed E-state index contributed by atoms with van der Waals surface area (Å²) in [6.45, 7) is 2.19. The van der Waals surface area contributed by atoms with Gasteiger partial charge in [-0.2, -0.15) is 5.10 Å². The zero-order valence-electron chi connectivity index (χ0n) is 13.6. The average Bonchev–Trinajstić information content (AvgIpc) is 3.19. The molecule has 1 amide bonds. The minimum Gasteiger partial charge on any atom is -0.380 e. The first kappa shape index (κ1) is 16.4. The Morgan fingerprint density at radius 2 is 2.13 bits per heavy atom. The van der Waals surface area contributed by atoms with Gasteiger partial charge in [0.25, 0.3) is 0 Å². The van der Waals surface area contributed by atoms with Gasteiger partial charge >= 0.3 is 0 Å². The van der Waals surface area contributed by atoms with Crippen LogP contribution in [0.3, 0.4) is 0 Å². The zero-order valence-corrected chi connectivity index (χ0v) is 14.4. The Hall–Kier alpha value is -1.41. The molecule has 1 fully saturated rings. The lowest BCUT2D eigenvalue weighted by Crippen LogP contribution is -2.42. The van der Waals surface area contributed by atoms with Crippen LogP contribution >= 0.6 is 0 Å². The Bertz CT molecular complexity index is 694. The number of sulfone groups is 1. The molecule has 2 aliphatic rings. The van der Waals surface area contributed by atoms with Crippen molar-refractivity contribution in [1.29, 1.82) is 0 Å². The number of hydrogen-bond donors (Lipinski definition) is 0. The molecule has 128 valence electrons. The molecule has 0 radical (unpaired) electrons. The van der Waals surface area contributed by atoms with E-state index in [1.54, 1.807) is 11.1 Å². The molecule has 0 aromatic carbocycles. The number of carbonyl (C=O) groups excluding carboxylic acids is 1. The van der Waals surface area contributed by atoms with E-state index in [1.807, 2.05) is 11.7 Å². The molecule has 1 saturated carbocycles. The van der Waals surface area contributed by atoms with Crippen molar-refractivity contribution in [3.63, 3.8) is 0 Å². The number of amides is 1. The van der Waals surface area contributed by atoms with Gasteiger partial charge in [0, 0.05) is 44.5 Å². The lowest BCUT2D eigenvalue weighted by molar-refractivity contribution is -0.130. The Kier molecular flexibility index (Phi) is 4.46. The van der Waals surface area contributed by atoms with Gasteiger partial charge in [-0.1, -0.05) is 0 Å². The van der Waals surface area contributed by atoms with E-state index < -0.39 is 15.6 Å². The van der Waals surface area contributed by atoms with Crippen molar-refractivity contribution in [2.24, 2.45) is 13.0 Å². The maximum atomic E-state index is 12.2. The SMILES string of the molecule is Cn1ncc2c1[C@@H](COCC1CC1)CN(C(=O)CS(C)(=O)=O)C2. The molecule has 1 aliphatic carbocycles. The maximum Gasteiger partial charge on any atom is 0.238 e. The summed E-state index contributed by atoms with van der Waals surface area (Å²) in [6.07, 6.45) is 5.31. The van der Waals surface area contributed by atoms with Gasteiger partial charge in [-0.15, -0.1) is 0 Å². The highest BCUT2D eigenvalue weighted by Crippen LogP contribution is 2.31. The Balaban J connectivity index is 1.71.